The van der Waals surface area contributed by atoms with Gasteiger partial charge in [-0.1, -0.05) is 0 Å². The van der Waals surface area contributed by atoms with Crippen LogP contribution >= 0.6 is 0 Å². The van der Waals surface area contributed by atoms with Crippen molar-refractivity contribution in [2.75, 3.05) is 20.1 Å². The zero-order valence-corrected chi connectivity index (χ0v) is 10.7. The summed E-state index contributed by atoms with van der Waals surface area (Å²) in [5.41, 5.74) is 0.880. The number of piperidine rings is 1. The predicted molar refractivity (Wildman–Crippen MR) is 64.9 cm³/mol. The molecule has 6 nitrogen and oxygen atoms in total. The van der Waals surface area contributed by atoms with Crippen LogP contribution in [-0.2, 0) is 16.6 Å². The van der Waals surface area contributed by atoms with Gasteiger partial charge in [-0.15, -0.1) is 0 Å². The molecule has 2 N–H and O–H groups in total. The maximum atomic E-state index is 12.3. The lowest BCUT2D eigenvalue weighted by atomic mass is 10.2. The number of rotatable bonds is 4. The van der Waals surface area contributed by atoms with E-state index in [-0.39, 0.29) is 5.25 Å². The summed E-state index contributed by atoms with van der Waals surface area (Å²) < 4.78 is 26.0. The van der Waals surface area contributed by atoms with Crippen molar-refractivity contribution in [3.05, 3.63) is 18.0 Å². The smallest absolute Gasteiger partial charge is 0.217 e. The number of H-pyrrole nitrogens is 1. The fourth-order valence-electron chi connectivity index (χ4n) is 2.06. The molecule has 1 aliphatic heterocycles. The molecule has 0 saturated carbocycles. The molecular formula is C10H18N4O2S. The monoisotopic (exact) mass is 258 g/mol. The number of aromatic nitrogens is 2. The van der Waals surface area contributed by atoms with Gasteiger partial charge < -0.3 is 5.32 Å². The SMILES string of the molecule is CN(Cc1cn[nH]c1)S(=O)(=O)C1CCNCC1. The molecule has 1 aromatic heterocycles. The summed E-state index contributed by atoms with van der Waals surface area (Å²) in [6.07, 6.45) is 4.75. The lowest BCUT2D eigenvalue weighted by molar-refractivity contribution is 0.428. The van der Waals surface area contributed by atoms with Crippen molar-refractivity contribution in [2.24, 2.45) is 0 Å². The Morgan fingerprint density at radius 3 is 2.76 bits per heavy atom. The zero-order chi connectivity index (χ0) is 12.3. The average molecular weight is 258 g/mol. The van der Waals surface area contributed by atoms with E-state index in [0.717, 1.165) is 18.7 Å². The van der Waals surface area contributed by atoms with Gasteiger partial charge in [0.1, 0.15) is 0 Å². The van der Waals surface area contributed by atoms with Crippen molar-refractivity contribution < 1.29 is 8.42 Å². The van der Waals surface area contributed by atoms with Crippen molar-refractivity contribution in [2.45, 2.75) is 24.6 Å². The summed E-state index contributed by atoms with van der Waals surface area (Å²) in [5, 5.41) is 9.42. The highest BCUT2D eigenvalue weighted by Crippen LogP contribution is 2.18. The van der Waals surface area contributed by atoms with Crippen LogP contribution in [0.2, 0.25) is 0 Å². The number of nitrogens with one attached hydrogen (secondary N) is 2. The van der Waals surface area contributed by atoms with Gasteiger partial charge in [0.05, 0.1) is 11.4 Å². The Bertz CT molecular complexity index is 437. The second-order valence-corrected chi connectivity index (χ2v) is 6.68. The van der Waals surface area contributed by atoms with Gasteiger partial charge in [-0.05, 0) is 25.9 Å². The Morgan fingerprint density at radius 2 is 2.18 bits per heavy atom. The summed E-state index contributed by atoms with van der Waals surface area (Å²) >= 11 is 0. The van der Waals surface area contributed by atoms with E-state index in [1.807, 2.05) is 0 Å². The highest BCUT2D eigenvalue weighted by Gasteiger charge is 2.30. The molecule has 2 heterocycles. The molecule has 2 rings (SSSR count). The zero-order valence-electron chi connectivity index (χ0n) is 9.89. The molecule has 0 spiro atoms. The number of aromatic amines is 1. The van der Waals surface area contributed by atoms with E-state index in [2.05, 4.69) is 15.5 Å². The van der Waals surface area contributed by atoms with Crippen LogP contribution in [-0.4, -0.2) is 48.3 Å². The Hall–Kier alpha value is -0.920. The van der Waals surface area contributed by atoms with Crippen molar-refractivity contribution in [1.82, 2.24) is 19.8 Å². The van der Waals surface area contributed by atoms with Gasteiger partial charge >= 0.3 is 0 Å². The highest BCUT2D eigenvalue weighted by molar-refractivity contribution is 7.89. The summed E-state index contributed by atoms with van der Waals surface area (Å²) in [7, 11) is -1.56. The van der Waals surface area contributed by atoms with Crippen LogP contribution in [0.25, 0.3) is 0 Å². The molecule has 0 amide bonds. The molecule has 1 aliphatic rings. The van der Waals surface area contributed by atoms with Gasteiger partial charge in [0.15, 0.2) is 0 Å². The van der Waals surface area contributed by atoms with Crippen LogP contribution in [0.5, 0.6) is 0 Å². The van der Waals surface area contributed by atoms with Gasteiger partial charge in [-0.25, -0.2) is 12.7 Å². The number of nitrogens with zero attached hydrogens (tertiary/aromatic N) is 2. The van der Waals surface area contributed by atoms with Crippen LogP contribution < -0.4 is 5.32 Å². The van der Waals surface area contributed by atoms with E-state index in [9.17, 15) is 8.42 Å². The van der Waals surface area contributed by atoms with E-state index in [0.29, 0.717) is 19.4 Å². The van der Waals surface area contributed by atoms with E-state index < -0.39 is 10.0 Å². The second kappa shape index (κ2) is 5.16. The van der Waals surface area contributed by atoms with Gasteiger partial charge in [0.2, 0.25) is 10.0 Å². The molecule has 7 heteroatoms. The molecule has 0 aliphatic carbocycles. The molecule has 17 heavy (non-hydrogen) atoms. The highest BCUT2D eigenvalue weighted by atomic mass is 32.2. The molecule has 1 saturated heterocycles. The number of hydrogen-bond acceptors (Lipinski definition) is 4. The van der Waals surface area contributed by atoms with E-state index in [1.54, 1.807) is 19.4 Å². The van der Waals surface area contributed by atoms with E-state index in [4.69, 9.17) is 0 Å². The average Bonchev–Trinajstić information content (AvgIpc) is 2.83. The van der Waals surface area contributed by atoms with Gasteiger partial charge in [0, 0.05) is 25.4 Å². The molecule has 0 atom stereocenters. The molecule has 1 fully saturated rings. The number of sulfonamides is 1. The fraction of sp³-hybridized carbons (Fsp3) is 0.700. The van der Waals surface area contributed by atoms with Crippen LogP contribution in [0, 0.1) is 0 Å². The van der Waals surface area contributed by atoms with Crippen LogP contribution in [0.3, 0.4) is 0 Å². The summed E-state index contributed by atoms with van der Waals surface area (Å²) in [4.78, 5) is 0. The minimum Gasteiger partial charge on any atom is -0.317 e. The third-order valence-electron chi connectivity index (χ3n) is 3.10. The Balaban J connectivity index is 2.03. The normalized spacial score (nSPS) is 18.7. The number of hydrogen-bond donors (Lipinski definition) is 2. The minimum atomic E-state index is -3.19. The van der Waals surface area contributed by atoms with Crippen molar-refractivity contribution in [3.63, 3.8) is 0 Å². The quantitative estimate of drug-likeness (QED) is 0.792. The first kappa shape index (κ1) is 12.5. The molecule has 96 valence electrons. The van der Waals surface area contributed by atoms with Gasteiger partial charge in [-0.2, -0.15) is 5.10 Å². The van der Waals surface area contributed by atoms with Crippen LogP contribution in [0.4, 0.5) is 0 Å². The van der Waals surface area contributed by atoms with Gasteiger partial charge in [-0.3, -0.25) is 5.10 Å². The Kier molecular flexibility index (Phi) is 3.80. The molecule has 0 unspecified atom stereocenters. The fourth-order valence-corrected chi connectivity index (χ4v) is 3.73. The largest absolute Gasteiger partial charge is 0.317 e. The summed E-state index contributed by atoms with van der Waals surface area (Å²) in [6, 6.07) is 0. The topological polar surface area (TPSA) is 78.1 Å². The van der Waals surface area contributed by atoms with Crippen molar-refractivity contribution >= 4 is 10.0 Å². The third-order valence-corrected chi connectivity index (χ3v) is 5.41. The molecule has 0 aromatic carbocycles. The standard InChI is InChI=1S/C10H18N4O2S/c1-14(8-9-6-12-13-7-9)17(15,16)10-2-4-11-5-3-10/h6-7,10-11H,2-5,8H2,1H3,(H,12,13). The van der Waals surface area contributed by atoms with Crippen LogP contribution in [0.15, 0.2) is 12.4 Å². The third kappa shape index (κ3) is 2.85. The first-order valence-electron chi connectivity index (χ1n) is 5.74. The maximum Gasteiger partial charge on any atom is 0.217 e. The van der Waals surface area contributed by atoms with Crippen molar-refractivity contribution in [1.29, 1.82) is 0 Å². The molecule has 0 radical (unpaired) electrons. The van der Waals surface area contributed by atoms with Crippen LogP contribution in [0.1, 0.15) is 18.4 Å². The molecular weight excluding hydrogens is 240 g/mol. The second-order valence-electron chi connectivity index (χ2n) is 4.36. The Labute approximate surface area is 101 Å². The first-order valence-corrected chi connectivity index (χ1v) is 7.24. The minimum absolute atomic E-state index is 0.249. The predicted octanol–water partition coefficient (Wildman–Crippen LogP) is -0.0767. The van der Waals surface area contributed by atoms with E-state index in [1.165, 1.54) is 4.31 Å². The first-order chi connectivity index (χ1) is 8.10. The van der Waals surface area contributed by atoms with Crippen molar-refractivity contribution in [3.8, 4) is 0 Å². The molecule has 1 aromatic rings. The summed E-state index contributed by atoms with van der Waals surface area (Å²) in [5.74, 6) is 0. The lowest BCUT2D eigenvalue weighted by Gasteiger charge is -2.27. The maximum absolute atomic E-state index is 12.3. The van der Waals surface area contributed by atoms with E-state index >= 15 is 0 Å². The Morgan fingerprint density at radius 1 is 1.47 bits per heavy atom. The lowest BCUT2D eigenvalue weighted by Crippen LogP contribution is -2.42. The molecule has 0 bridgehead atoms. The summed E-state index contributed by atoms with van der Waals surface area (Å²) in [6.45, 7) is 1.94. The van der Waals surface area contributed by atoms with Gasteiger partial charge in [0.25, 0.3) is 0 Å².